The van der Waals surface area contributed by atoms with Crippen LogP contribution in [0.1, 0.15) is 19.4 Å². The van der Waals surface area contributed by atoms with Gasteiger partial charge in [0.1, 0.15) is 5.75 Å². The topological polar surface area (TPSA) is 59.0 Å². The van der Waals surface area contributed by atoms with Gasteiger partial charge in [0.15, 0.2) is 6.61 Å². The lowest BCUT2D eigenvalue weighted by Crippen LogP contribution is -2.56. The second-order valence-corrected chi connectivity index (χ2v) is 6.01. The summed E-state index contributed by atoms with van der Waals surface area (Å²) in [7, 11) is 0. The zero-order chi connectivity index (χ0) is 15.5. The third-order valence-corrected chi connectivity index (χ3v) is 3.48. The number of carbonyl (C=O) groups excluding carboxylic acids is 1. The maximum absolute atomic E-state index is 12.3. The van der Waals surface area contributed by atoms with Gasteiger partial charge < -0.3 is 19.5 Å². The fraction of sp³-hybridized carbons (Fsp3) is 0.562. The molecular formula is C16H23NO4. The molecule has 1 aromatic carbocycles. The van der Waals surface area contributed by atoms with Crippen molar-refractivity contribution in [1.29, 1.82) is 0 Å². The van der Waals surface area contributed by atoms with Crippen molar-refractivity contribution in [3.63, 3.8) is 0 Å². The zero-order valence-corrected chi connectivity index (χ0v) is 12.8. The van der Waals surface area contributed by atoms with E-state index in [1.165, 1.54) is 0 Å². The predicted octanol–water partition coefficient (Wildman–Crippen LogP) is 1.37. The summed E-state index contributed by atoms with van der Waals surface area (Å²) >= 11 is 0. The number of aliphatic hydroxyl groups is 1. The molecule has 0 bridgehead atoms. The number of aryl methyl sites for hydroxylation is 1. The van der Waals surface area contributed by atoms with Crippen molar-refractivity contribution in [1.82, 2.24) is 4.90 Å². The second-order valence-electron chi connectivity index (χ2n) is 6.01. The lowest BCUT2D eigenvalue weighted by Gasteiger charge is -2.42. The molecule has 1 aliphatic heterocycles. The number of hydrogen-bond acceptors (Lipinski definition) is 4. The number of nitrogens with zero attached hydrogens (tertiary/aromatic N) is 1. The summed E-state index contributed by atoms with van der Waals surface area (Å²) in [6.07, 6.45) is -0.337. The highest BCUT2D eigenvalue weighted by atomic mass is 16.5. The van der Waals surface area contributed by atoms with E-state index in [1.54, 1.807) is 4.90 Å². The maximum Gasteiger partial charge on any atom is 0.260 e. The molecule has 1 unspecified atom stereocenters. The van der Waals surface area contributed by atoms with Crippen LogP contribution in [-0.4, -0.2) is 53.9 Å². The van der Waals surface area contributed by atoms with Crippen LogP contribution in [0.25, 0.3) is 0 Å². The average molecular weight is 293 g/mol. The lowest BCUT2D eigenvalue weighted by molar-refractivity contribution is -0.168. The quantitative estimate of drug-likeness (QED) is 0.911. The van der Waals surface area contributed by atoms with E-state index in [1.807, 2.05) is 45.0 Å². The molecule has 5 nitrogen and oxygen atoms in total. The van der Waals surface area contributed by atoms with E-state index in [4.69, 9.17) is 9.47 Å². The molecule has 1 heterocycles. The van der Waals surface area contributed by atoms with E-state index < -0.39 is 5.60 Å². The molecule has 0 saturated carbocycles. The van der Waals surface area contributed by atoms with Gasteiger partial charge in [-0.2, -0.15) is 0 Å². The number of benzene rings is 1. The number of carbonyl (C=O) groups is 1. The number of ether oxygens (including phenoxy) is 2. The van der Waals surface area contributed by atoms with Crippen LogP contribution >= 0.6 is 0 Å². The Kier molecular flexibility index (Phi) is 4.85. The summed E-state index contributed by atoms with van der Waals surface area (Å²) in [5.41, 5.74) is 0.546. The Hall–Kier alpha value is -1.59. The van der Waals surface area contributed by atoms with Crippen molar-refractivity contribution in [2.24, 2.45) is 0 Å². The Bertz CT molecular complexity index is 501. The third kappa shape index (κ3) is 4.19. The minimum Gasteiger partial charge on any atom is -0.484 e. The number of rotatable bonds is 4. The molecule has 1 aromatic rings. The molecular weight excluding hydrogens is 270 g/mol. The highest BCUT2D eigenvalue weighted by Gasteiger charge is 2.35. The van der Waals surface area contributed by atoms with Crippen molar-refractivity contribution in [2.75, 3.05) is 26.3 Å². The molecule has 1 saturated heterocycles. The summed E-state index contributed by atoms with van der Waals surface area (Å²) in [6, 6.07) is 7.61. The molecule has 1 fully saturated rings. The van der Waals surface area contributed by atoms with Gasteiger partial charge in [-0.1, -0.05) is 18.2 Å². The normalized spacial score (nSPS) is 21.1. The molecule has 0 aromatic heterocycles. The van der Waals surface area contributed by atoms with Gasteiger partial charge >= 0.3 is 0 Å². The van der Waals surface area contributed by atoms with Crippen LogP contribution < -0.4 is 4.74 Å². The molecule has 2 rings (SSSR count). The third-order valence-electron chi connectivity index (χ3n) is 3.48. The molecule has 116 valence electrons. The molecule has 1 aliphatic rings. The van der Waals surface area contributed by atoms with Gasteiger partial charge in [0, 0.05) is 13.1 Å². The van der Waals surface area contributed by atoms with Gasteiger partial charge in [0.25, 0.3) is 5.91 Å². The Morgan fingerprint density at radius 3 is 2.86 bits per heavy atom. The number of hydrogen-bond donors (Lipinski definition) is 1. The Morgan fingerprint density at radius 1 is 1.48 bits per heavy atom. The van der Waals surface area contributed by atoms with E-state index in [0.717, 1.165) is 11.3 Å². The monoisotopic (exact) mass is 293 g/mol. The molecule has 1 atom stereocenters. The van der Waals surface area contributed by atoms with Crippen molar-refractivity contribution in [2.45, 2.75) is 32.5 Å². The van der Waals surface area contributed by atoms with Gasteiger partial charge in [-0.3, -0.25) is 4.79 Å². The smallest absolute Gasteiger partial charge is 0.260 e. The molecule has 21 heavy (non-hydrogen) atoms. The summed E-state index contributed by atoms with van der Waals surface area (Å²) in [5.74, 6) is 0.630. The van der Waals surface area contributed by atoms with Crippen LogP contribution in [-0.2, 0) is 9.53 Å². The van der Waals surface area contributed by atoms with Crippen molar-refractivity contribution >= 4 is 5.91 Å². The summed E-state index contributed by atoms with van der Waals surface area (Å²) < 4.78 is 11.3. The van der Waals surface area contributed by atoms with Gasteiger partial charge in [-0.15, -0.1) is 0 Å². The minimum atomic E-state index is -0.454. The van der Waals surface area contributed by atoms with E-state index in [2.05, 4.69) is 0 Å². The van der Waals surface area contributed by atoms with Crippen LogP contribution in [0, 0.1) is 6.92 Å². The van der Waals surface area contributed by atoms with Crippen LogP contribution in [0.5, 0.6) is 5.75 Å². The number of aliphatic hydroxyl groups excluding tert-OH is 1. The Morgan fingerprint density at radius 2 is 2.19 bits per heavy atom. The fourth-order valence-corrected chi connectivity index (χ4v) is 2.53. The lowest BCUT2D eigenvalue weighted by atomic mass is 10.1. The highest BCUT2D eigenvalue weighted by Crippen LogP contribution is 2.21. The van der Waals surface area contributed by atoms with Gasteiger partial charge in [0.2, 0.25) is 0 Å². The first kappa shape index (κ1) is 15.8. The first-order valence-electron chi connectivity index (χ1n) is 7.16. The largest absolute Gasteiger partial charge is 0.484 e. The standard InChI is InChI=1S/C16H23NO4/c1-12-6-4-5-7-14(12)20-10-15(19)17-8-13(9-18)21-16(2,3)11-17/h4-7,13,18H,8-11H2,1-3H3. The van der Waals surface area contributed by atoms with E-state index in [9.17, 15) is 9.90 Å². The van der Waals surface area contributed by atoms with Crippen LogP contribution in [0.3, 0.4) is 0 Å². The van der Waals surface area contributed by atoms with Crippen LogP contribution in [0.15, 0.2) is 24.3 Å². The minimum absolute atomic E-state index is 0.000911. The number of morpholine rings is 1. The van der Waals surface area contributed by atoms with Gasteiger partial charge in [-0.05, 0) is 32.4 Å². The maximum atomic E-state index is 12.3. The first-order chi connectivity index (χ1) is 9.91. The molecule has 0 spiro atoms. The average Bonchev–Trinajstić information content (AvgIpc) is 2.44. The van der Waals surface area contributed by atoms with Crippen LogP contribution in [0.4, 0.5) is 0 Å². The van der Waals surface area contributed by atoms with Gasteiger partial charge in [-0.25, -0.2) is 0 Å². The molecule has 1 N–H and O–H groups in total. The summed E-state index contributed by atoms with van der Waals surface area (Å²) in [5, 5.41) is 9.27. The molecule has 0 radical (unpaired) electrons. The summed E-state index contributed by atoms with van der Waals surface area (Å²) in [6.45, 7) is 6.58. The van der Waals surface area contributed by atoms with E-state index in [-0.39, 0.29) is 25.2 Å². The van der Waals surface area contributed by atoms with Crippen molar-refractivity contribution < 1.29 is 19.4 Å². The fourth-order valence-electron chi connectivity index (χ4n) is 2.53. The Labute approximate surface area is 125 Å². The predicted molar refractivity (Wildman–Crippen MR) is 79.3 cm³/mol. The van der Waals surface area contributed by atoms with E-state index >= 15 is 0 Å². The van der Waals surface area contributed by atoms with Crippen molar-refractivity contribution in [3.05, 3.63) is 29.8 Å². The Balaban J connectivity index is 1.95. The van der Waals surface area contributed by atoms with Gasteiger partial charge in [0.05, 0.1) is 18.3 Å². The molecule has 1 amide bonds. The number of amides is 1. The number of para-hydroxylation sites is 1. The SMILES string of the molecule is Cc1ccccc1OCC(=O)N1CC(CO)OC(C)(C)C1. The molecule has 5 heteroatoms. The second kappa shape index (κ2) is 6.45. The zero-order valence-electron chi connectivity index (χ0n) is 12.8. The first-order valence-corrected chi connectivity index (χ1v) is 7.16. The van der Waals surface area contributed by atoms with Crippen molar-refractivity contribution in [3.8, 4) is 5.75 Å². The summed E-state index contributed by atoms with van der Waals surface area (Å²) in [4.78, 5) is 14.0. The highest BCUT2D eigenvalue weighted by molar-refractivity contribution is 5.78. The van der Waals surface area contributed by atoms with E-state index in [0.29, 0.717) is 13.1 Å². The molecule has 0 aliphatic carbocycles. The van der Waals surface area contributed by atoms with Crippen LogP contribution in [0.2, 0.25) is 0 Å².